The van der Waals surface area contributed by atoms with E-state index in [1.54, 1.807) is 0 Å². The maximum absolute atomic E-state index is 13.0. The highest BCUT2D eigenvalue weighted by molar-refractivity contribution is 5.76. The minimum Gasteiger partial charge on any atom is -0.394 e. The molecule has 7 atom stereocenters. The van der Waals surface area contributed by atoms with Crippen LogP contribution in [-0.2, 0) is 14.3 Å². The minimum atomic E-state index is -1.55. The van der Waals surface area contributed by atoms with E-state index in [2.05, 4.69) is 19.2 Å². The van der Waals surface area contributed by atoms with Crippen LogP contribution in [-0.4, -0.2) is 87.5 Å². The summed E-state index contributed by atoms with van der Waals surface area (Å²) in [6, 6.07) is -0.712. The van der Waals surface area contributed by atoms with Crippen LogP contribution in [0.15, 0.2) is 0 Å². The molecule has 9 heteroatoms. The van der Waals surface area contributed by atoms with Crippen LogP contribution in [0.4, 0.5) is 0 Å². The van der Waals surface area contributed by atoms with Gasteiger partial charge >= 0.3 is 0 Å². The predicted molar refractivity (Wildman–Crippen MR) is 249 cm³/mol. The lowest BCUT2D eigenvalue weighted by Gasteiger charge is -2.40. The van der Waals surface area contributed by atoms with Crippen LogP contribution in [0.5, 0.6) is 0 Å². The number of ether oxygens (including phenoxy) is 2. The number of carbonyl (C=O) groups is 1. The van der Waals surface area contributed by atoms with Crippen LogP contribution in [0.3, 0.4) is 0 Å². The molecular weight excluding hydrogens is 755 g/mol. The largest absolute Gasteiger partial charge is 0.394 e. The van der Waals surface area contributed by atoms with Gasteiger partial charge in [0.1, 0.15) is 24.4 Å². The average molecular weight is 856 g/mol. The Balaban J connectivity index is 2.20. The second-order valence-electron chi connectivity index (χ2n) is 18.7. The van der Waals surface area contributed by atoms with Crippen LogP contribution < -0.4 is 5.32 Å². The minimum absolute atomic E-state index is 0.131. The van der Waals surface area contributed by atoms with Gasteiger partial charge in [0.05, 0.1) is 25.4 Å². The highest BCUT2D eigenvalue weighted by Crippen LogP contribution is 2.23. The fourth-order valence-corrected chi connectivity index (χ4v) is 8.75. The van der Waals surface area contributed by atoms with E-state index in [0.29, 0.717) is 12.8 Å². The summed E-state index contributed by atoms with van der Waals surface area (Å²) in [5, 5.41) is 54.5. The molecule has 0 radical (unpaired) electrons. The van der Waals surface area contributed by atoms with Gasteiger partial charge in [0, 0.05) is 6.42 Å². The van der Waals surface area contributed by atoms with Crippen LogP contribution >= 0.6 is 0 Å². The van der Waals surface area contributed by atoms with E-state index in [0.717, 1.165) is 38.5 Å². The fourth-order valence-electron chi connectivity index (χ4n) is 8.75. The van der Waals surface area contributed by atoms with Crippen molar-refractivity contribution in [2.75, 3.05) is 13.2 Å². The van der Waals surface area contributed by atoms with E-state index >= 15 is 0 Å². The Morgan fingerprint density at radius 3 is 1.18 bits per heavy atom. The van der Waals surface area contributed by atoms with Gasteiger partial charge in [-0.3, -0.25) is 4.79 Å². The molecule has 7 unspecified atom stereocenters. The third-order valence-electron chi connectivity index (χ3n) is 13.0. The molecule has 0 saturated carbocycles. The topological polar surface area (TPSA) is 149 Å². The number of aliphatic hydroxyl groups is 5. The van der Waals surface area contributed by atoms with E-state index in [9.17, 15) is 30.3 Å². The zero-order valence-electron chi connectivity index (χ0n) is 39.5. The summed E-state index contributed by atoms with van der Waals surface area (Å²) in [5.74, 6) is -0.140. The van der Waals surface area contributed by atoms with Gasteiger partial charge in [-0.25, -0.2) is 0 Å². The summed E-state index contributed by atoms with van der Waals surface area (Å²) in [5.41, 5.74) is 0. The summed E-state index contributed by atoms with van der Waals surface area (Å²) >= 11 is 0. The molecule has 0 aromatic heterocycles. The number of unbranched alkanes of at least 4 members (excludes halogenated alkanes) is 35. The van der Waals surface area contributed by atoms with Crippen molar-refractivity contribution in [3.63, 3.8) is 0 Å². The Kier molecular flexibility index (Phi) is 40.2. The molecule has 1 fully saturated rings. The SMILES string of the molecule is CCCCCCCCCCCCCCCCCCCCCCCCCCC(O)C(COC1OC(CO)C(O)C(O)C1O)NC(=O)CCCCCCCCCCCCCCC. The number of amides is 1. The average Bonchev–Trinajstić information content (AvgIpc) is 3.25. The highest BCUT2D eigenvalue weighted by atomic mass is 16.7. The smallest absolute Gasteiger partial charge is 0.220 e. The van der Waals surface area contributed by atoms with Crippen molar-refractivity contribution in [1.29, 1.82) is 0 Å². The molecule has 1 aliphatic rings. The van der Waals surface area contributed by atoms with Crippen molar-refractivity contribution >= 4 is 5.91 Å². The van der Waals surface area contributed by atoms with Gasteiger partial charge in [0.15, 0.2) is 6.29 Å². The molecule has 1 rings (SSSR count). The van der Waals surface area contributed by atoms with Crippen LogP contribution in [0.1, 0.15) is 264 Å². The quantitative estimate of drug-likeness (QED) is 0.0332. The van der Waals surface area contributed by atoms with Gasteiger partial charge in [-0.1, -0.05) is 245 Å². The summed E-state index contributed by atoms with van der Waals surface area (Å²) in [6.07, 6.45) is 41.2. The summed E-state index contributed by atoms with van der Waals surface area (Å²) in [4.78, 5) is 13.0. The van der Waals surface area contributed by atoms with Crippen LogP contribution in [0.2, 0.25) is 0 Å². The molecule has 0 spiro atoms. The summed E-state index contributed by atoms with van der Waals surface area (Å²) < 4.78 is 11.3. The van der Waals surface area contributed by atoms with E-state index in [1.165, 1.54) is 199 Å². The Labute approximate surface area is 370 Å². The van der Waals surface area contributed by atoms with Gasteiger partial charge in [-0.2, -0.15) is 0 Å². The van der Waals surface area contributed by atoms with E-state index in [1.807, 2.05) is 0 Å². The zero-order chi connectivity index (χ0) is 43.7. The molecule has 0 aromatic rings. The monoisotopic (exact) mass is 856 g/mol. The van der Waals surface area contributed by atoms with Crippen molar-refractivity contribution < 1.29 is 39.8 Å². The Morgan fingerprint density at radius 1 is 0.500 bits per heavy atom. The first-order chi connectivity index (χ1) is 29.3. The second-order valence-corrected chi connectivity index (χ2v) is 18.7. The second kappa shape index (κ2) is 42.2. The number of rotatable bonds is 45. The third-order valence-corrected chi connectivity index (χ3v) is 13.0. The molecule has 1 saturated heterocycles. The van der Waals surface area contributed by atoms with Crippen molar-refractivity contribution in [2.45, 2.75) is 307 Å². The van der Waals surface area contributed by atoms with E-state index in [4.69, 9.17) is 9.47 Å². The maximum Gasteiger partial charge on any atom is 0.220 e. The van der Waals surface area contributed by atoms with Gasteiger partial charge < -0.3 is 40.3 Å². The lowest BCUT2D eigenvalue weighted by atomic mass is 9.99. The van der Waals surface area contributed by atoms with Crippen LogP contribution in [0.25, 0.3) is 0 Å². The Morgan fingerprint density at radius 2 is 0.833 bits per heavy atom. The molecule has 1 amide bonds. The van der Waals surface area contributed by atoms with Gasteiger partial charge in [0.2, 0.25) is 5.91 Å². The Bertz CT molecular complexity index is 908. The normalized spacial score (nSPS) is 20.4. The molecule has 0 aromatic carbocycles. The predicted octanol–water partition coefficient (Wildman–Crippen LogP) is 11.9. The number of hydrogen-bond donors (Lipinski definition) is 6. The third kappa shape index (κ3) is 31.9. The van der Waals surface area contributed by atoms with Crippen molar-refractivity contribution in [3.8, 4) is 0 Å². The first-order valence-corrected chi connectivity index (χ1v) is 26.2. The van der Waals surface area contributed by atoms with Crippen molar-refractivity contribution in [1.82, 2.24) is 5.32 Å². The Hall–Kier alpha value is -0.810. The number of hydrogen-bond acceptors (Lipinski definition) is 8. The number of carbonyl (C=O) groups excluding carboxylic acids is 1. The standard InChI is InChI=1S/C51H101NO8/c1-3-5-7-9-11-13-15-17-18-19-20-21-22-23-24-25-26-27-29-30-32-34-36-38-40-45(54)44(43-59-51-50(58)49(57)48(56)46(42-53)60-51)52-47(55)41-39-37-35-33-31-28-16-14-12-10-8-6-4-2/h44-46,48-51,53-54,56-58H,3-43H2,1-2H3,(H,52,55). The molecule has 6 N–H and O–H groups in total. The molecule has 0 bridgehead atoms. The number of nitrogens with one attached hydrogen (secondary N) is 1. The van der Waals surface area contributed by atoms with Crippen molar-refractivity contribution in [2.24, 2.45) is 0 Å². The molecule has 1 heterocycles. The van der Waals surface area contributed by atoms with E-state index in [-0.39, 0.29) is 12.5 Å². The molecule has 60 heavy (non-hydrogen) atoms. The first kappa shape index (κ1) is 57.2. The molecule has 0 aliphatic carbocycles. The number of aliphatic hydroxyl groups excluding tert-OH is 5. The first-order valence-electron chi connectivity index (χ1n) is 26.2. The summed E-state index contributed by atoms with van der Waals surface area (Å²) in [6.45, 7) is 3.86. The van der Waals surface area contributed by atoms with E-state index < -0.39 is 49.5 Å². The molecular formula is C51H101NO8. The van der Waals surface area contributed by atoms with Gasteiger partial charge in [-0.05, 0) is 12.8 Å². The maximum atomic E-state index is 13.0. The van der Waals surface area contributed by atoms with Gasteiger partial charge in [-0.15, -0.1) is 0 Å². The van der Waals surface area contributed by atoms with Crippen molar-refractivity contribution in [3.05, 3.63) is 0 Å². The lowest BCUT2D eigenvalue weighted by molar-refractivity contribution is -0.302. The molecule has 358 valence electrons. The van der Waals surface area contributed by atoms with Crippen LogP contribution in [0, 0.1) is 0 Å². The molecule has 1 aliphatic heterocycles. The summed E-state index contributed by atoms with van der Waals surface area (Å²) in [7, 11) is 0. The van der Waals surface area contributed by atoms with Gasteiger partial charge in [0.25, 0.3) is 0 Å². The zero-order valence-corrected chi connectivity index (χ0v) is 39.5. The molecule has 9 nitrogen and oxygen atoms in total. The lowest BCUT2D eigenvalue weighted by Crippen LogP contribution is -2.60. The fraction of sp³-hybridized carbons (Fsp3) is 0.980. The highest BCUT2D eigenvalue weighted by Gasteiger charge is 2.44.